The molecule has 6 rings (SSSR count). The molecule has 3 atom stereocenters. The van der Waals surface area contributed by atoms with Gasteiger partial charge in [-0.25, -0.2) is 0 Å². The Labute approximate surface area is 200 Å². The van der Waals surface area contributed by atoms with Crippen molar-refractivity contribution in [1.82, 2.24) is 9.47 Å². The van der Waals surface area contributed by atoms with Gasteiger partial charge >= 0.3 is 11.9 Å². The van der Waals surface area contributed by atoms with E-state index in [1.54, 1.807) is 41.8 Å². The van der Waals surface area contributed by atoms with Gasteiger partial charge in [-0.05, 0) is 30.2 Å². The molecule has 0 spiro atoms. The van der Waals surface area contributed by atoms with E-state index in [1.165, 1.54) is 0 Å². The van der Waals surface area contributed by atoms with Crippen molar-refractivity contribution in [3.05, 3.63) is 77.0 Å². The molecule has 1 fully saturated rings. The van der Waals surface area contributed by atoms with Crippen molar-refractivity contribution in [2.75, 3.05) is 7.11 Å². The smallest absolute Gasteiger partial charge is 0.319 e. The third kappa shape index (κ3) is 2.99. The third-order valence-electron chi connectivity index (χ3n) is 7.37. The zero-order valence-electron chi connectivity index (χ0n) is 19.2. The lowest BCUT2D eigenvalue weighted by atomic mass is 9.75. The largest absolute Gasteiger partial charge is 0.497 e. The molecule has 1 aromatic heterocycles. The van der Waals surface area contributed by atoms with Crippen molar-refractivity contribution in [3.8, 4) is 5.75 Å². The lowest BCUT2D eigenvalue weighted by Gasteiger charge is -2.37. The highest BCUT2D eigenvalue weighted by Gasteiger charge is 2.56. The lowest BCUT2D eigenvalue weighted by Crippen LogP contribution is -2.50. The molecule has 1 amide bonds. The Morgan fingerprint density at radius 2 is 1.74 bits per heavy atom. The zero-order valence-corrected chi connectivity index (χ0v) is 19.2. The first-order valence-electron chi connectivity index (χ1n) is 11.4. The Balaban J connectivity index is 1.57. The molecule has 1 saturated heterocycles. The van der Waals surface area contributed by atoms with E-state index >= 15 is 0 Å². The fourth-order valence-corrected chi connectivity index (χ4v) is 5.68. The van der Waals surface area contributed by atoms with Crippen molar-refractivity contribution in [2.24, 2.45) is 18.9 Å². The summed E-state index contributed by atoms with van der Waals surface area (Å²) in [4.78, 5) is 55.0. The zero-order chi connectivity index (χ0) is 24.4. The van der Waals surface area contributed by atoms with Crippen molar-refractivity contribution in [3.63, 3.8) is 0 Å². The minimum absolute atomic E-state index is 0.143. The number of aryl methyl sites for hydroxylation is 1. The van der Waals surface area contributed by atoms with Gasteiger partial charge in [-0.3, -0.25) is 19.2 Å². The minimum Gasteiger partial charge on any atom is -0.497 e. The maximum absolute atomic E-state index is 14.2. The van der Waals surface area contributed by atoms with Crippen LogP contribution in [0.5, 0.6) is 5.75 Å². The first kappa shape index (κ1) is 21.3. The second-order valence-corrected chi connectivity index (χ2v) is 9.12. The van der Waals surface area contributed by atoms with Crippen LogP contribution in [0.3, 0.4) is 0 Å². The highest BCUT2D eigenvalue weighted by atomic mass is 16.6. The summed E-state index contributed by atoms with van der Waals surface area (Å²) in [5.41, 5.74) is 2.53. The highest BCUT2D eigenvalue weighted by Crippen LogP contribution is 2.44. The number of rotatable bonds is 3. The molecule has 0 N–H and O–H groups in total. The van der Waals surface area contributed by atoms with Crippen LogP contribution in [-0.4, -0.2) is 46.2 Å². The first-order chi connectivity index (χ1) is 16.9. The predicted molar refractivity (Wildman–Crippen MR) is 125 cm³/mol. The SMILES string of the molecule is COc1ccc(CN2C(=O)c3c(c4ccccc4n3C)C(=O)C3=CCC4C(=O)OC(=O)C4C32)cc1. The number of fused-ring (bicyclic) bond motifs is 6. The summed E-state index contributed by atoms with van der Waals surface area (Å²) in [6.45, 7) is 0.143. The Morgan fingerprint density at radius 3 is 2.49 bits per heavy atom. The molecular formula is C27H22N2O6. The molecule has 0 saturated carbocycles. The summed E-state index contributed by atoms with van der Waals surface area (Å²) < 4.78 is 11.9. The van der Waals surface area contributed by atoms with Gasteiger partial charge in [0.05, 0.1) is 30.6 Å². The van der Waals surface area contributed by atoms with Crippen LogP contribution >= 0.6 is 0 Å². The van der Waals surface area contributed by atoms with Gasteiger partial charge < -0.3 is 18.9 Å². The van der Waals surface area contributed by atoms with Crippen molar-refractivity contribution in [2.45, 2.75) is 19.0 Å². The molecule has 1 aliphatic carbocycles. The van der Waals surface area contributed by atoms with Crippen LogP contribution in [-0.2, 0) is 27.9 Å². The second-order valence-electron chi connectivity index (χ2n) is 9.12. The standard InChI is InChI=1S/C27H22N2O6/c1-28-19-6-4-3-5-16(19)20-23(28)25(31)29(13-14-7-9-15(34-2)10-8-14)22-18(24(20)30)12-11-17-21(22)27(33)35-26(17)32/h3-10,12,17,21-22H,11,13H2,1-2H3. The van der Waals surface area contributed by atoms with E-state index in [-0.39, 0.29) is 30.3 Å². The van der Waals surface area contributed by atoms with Crippen molar-refractivity contribution < 1.29 is 28.7 Å². The molecular weight excluding hydrogens is 448 g/mol. The molecule has 2 aliphatic heterocycles. The number of hydrogen-bond acceptors (Lipinski definition) is 6. The quantitative estimate of drug-likeness (QED) is 0.431. The summed E-state index contributed by atoms with van der Waals surface area (Å²) in [6, 6.07) is 13.7. The summed E-state index contributed by atoms with van der Waals surface area (Å²) in [7, 11) is 3.33. The number of Topliss-reactive ketones (excluding diaryl/α,β-unsaturated/α-hetero) is 1. The van der Waals surface area contributed by atoms with Gasteiger partial charge in [0, 0.05) is 30.1 Å². The molecule has 35 heavy (non-hydrogen) atoms. The molecule has 3 aliphatic rings. The highest BCUT2D eigenvalue weighted by molar-refractivity contribution is 6.24. The van der Waals surface area contributed by atoms with E-state index in [9.17, 15) is 19.2 Å². The van der Waals surface area contributed by atoms with Crippen LogP contribution < -0.4 is 4.74 Å². The lowest BCUT2D eigenvalue weighted by molar-refractivity contribution is -0.154. The van der Waals surface area contributed by atoms with Gasteiger partial charge in [-0.2, -0.15) is 0 Å². The van der Waals surface area contributed by atoms with Gasteiger partial charge in [0.1, 0.15) is 11.4 Å². The van der Waals surface area contributed by atoms with Crippen LogP contribution in [0.25, 0.3) is 10.9 Å². The number of benzene rings is 2. The summed E-state index contributed by atoms with van der Waals surface area (Å²) in [5, 5.41) is 0.682. The van der Waals surface area contributed by atoms with E-state index in [2.05, 4.69) is 0 Å². The van der Waals surface area contributed by atoms with E-state index in [1.807, 2.05) is 36.4 Å². The van der Waals surface area contributed by atoms with Gasteiger partial charge in [0.25, 0.3) is 5.91 Å². The fourth-order valence-electron chi connectivity index (χ4n) is 5.68. The van der Waals surface area contributed by atoms with E-state index < -0.39 is 29.8 Å². The van der Waals surface area contributed by atoms with Crippen LogP contribution in [0.4, 0.5) is 0 Å². The number of aromatic nitrogens is 1. The number of esters is 2. The Kier molecular flexibility index (Phi) is 4.67. The number of ether oxygens (including phenoxy) is 2. The third-order valence-corrected chi connectivity index (χ3v) is 7.37. The van der Waals surface area contributed by atoms with E-state index in [0.717, 1.165) is 11.1 Å². The number of nitrogens with zero attached hydrogens (tertiary/aromatic N) is 2. The molecule has 3 aromatic rings. The molecule has 0 radical (unpaired) electrons. The normalized spacial score (nSPS) is 23.4. The predicted octanol–water partition coefficient (Wildman–Crippen LogP) is 3.04. The monoisotopic (exact) mass is 470 g/mol. The number of hydrogen-bond donors (Lipinski definition) is 0. The summed E-state index contributed by atoms with van der Waals surface area (Å²) in [5.74, 6) is -2.92. The number of allylic oxidation sites excluding steroid dienone is 1. The number of cyclic esters (lactones) is 2. The molecule has 0 bridgehead atoms. The number of ketones is 1. The van der Waals surface area contributed by atoms with E-state index in [4.69, 9.17) is 9.47 Å². The number of para-hydroxylation sites is 1. The van der Waals surface area contributed by atoms with Gasteiger partial charge in [-0.1, -0.05) is 36.4 Å². The molecule has 8 heteroatoms. The first-order valence-corrected chi connectivity index (χ1v) is 11.4. The molecule has 8 nitrogen and oxygen atoms in total. The second kappa shape index (κ2) is 7.66. The maximum atomic E-state index is 14.2. The van der Waals surface area contributed by atoms with Crippen LogP contribution in [0.1, 0.15) is 32.8 Å². The van der Waals surface area contributed by atoms with Crippen LogP contribution in [0, 0.1) is 11.8 Å². The van der Waals surface area contributed by atoms with Crippen LogP contribution in [0.15, 0.2) is 60.2 Å². The molecule has 2 aromatic carbocycles. The number of carbonyl (C=O) groups is 4. The Morgan fingerprint density at radius 1 is 1.00 bits per heavy atom. The van der Waals surface area contributed by atoms with Crippen molar-refractivity contribution in [1.29, 1.82) is 0 Å². The molecule has 3 unspecified atom stereocenters. The Hall–Kier alpha value is -4.20. The molecule has 3 heterocycles. The molecule has 176 valence electrons. The van der Waals surface area contributed by atoms with Gasteiger partial charge in [0.2, 0.25) is 0 Å². The van der Waals surface area contributed by atoms with E-state index in [0.29, 0.717) is 22.3 Å². The van der Waals surface area contributed by atoms with Gasteiger partial charge in [0.15, 0.2) is 5.78 Å². The average molecular weight is 470 g/mol. The average Bonchev–Trinajstić information content (AvgIpc) is 3.31. The van der Waals surface area contributed by atoms with Crippen LogP contribution in [0.2, 0.25) is 0 Å². The maximum Gasteiger partial charge on any atom is 0.319 e. The summed E-state index contributed by atoms with van der Waals surface area (Å²) >= 11 is 0. The van der Waals surface area contributed by atoms with Crippen molar-refractivity contribution >= 4 is 34.5 Å². The summed E-state index contributed by atoms with van der Waals surface area (Å²) in [6.07, 6.45) is 1.93. The minimum atomic E-state index is -0.922. The number of carbonyl (C=O) groups excluding carboxylic acids is 4. The fraction of sp³-hybridized carbons (Fsp3) is 0.259. The van der Waals surface area contributed by atoms with Gasteiger partial charge in [-0.15, -0.1) is 0 Å². The number of amides is 1. The Bertz CT molecular complexity index is 1460. The topological polar surface area (TPSA) is 94.9 Å². The number of methoxy groups -OCH3 is 1.